The van der Waals surface area contributed by atoms with Crippen molar-refractivity contribution in [2.24, 2.45) is 0 Å². The van der Waals surface area contributed by atoms with Crippen molar-refractivity contribution < 1.29 is 22.7 Å². The van der Waals surface area contributed by atoms with Crippen molar-refractivity contribution in [2.75, 3.05) is 25.1 Å². The van der Waals surface area contributed by atoms with Gasteiger partial charge < -0.3 is 9.47 Å². The highest BCUT2D eigenvalue weighted by molar-refractivity contribution is 7.92. The van der Waals surface area contributed by atoms with Gasteiger partial charge in [-0.25, -0.2) is 13.2 Å². The monoisotopic (exact) mass is 360 g/mol. The first-order valence-corrected chi connectivity index (χ1v) is 8.62. The number of benzene rings is 2. The van der Waals surface area contributed by atoms with E-state index in [0.717, 1.165) is 4.31 Å². The molecule has 0 N–H and O–H groups in total. The van der Waals surface area contributed by atoms with Crippen LogP contribution >= 0.6 is 0 Å². The summed E-state index contributed by atoms with van der Waals surface area (Å²) in [6.07, 6.45) is 0. The van der Waals surface area contributed by atoms with Crippen LogP contribution in [-0.2, 0) is 14.8 Å². The van der Waals surface area contributed by atoms with Gasteiger partial charge in [0, 0.05) is 7.05 Å². The van der Waals surface area contributed by atoms with Crippen molar-refractivity contribution in [1.29, 1.82) is 5.26 Å². The Bertz CT molecular complexity index is 901. The lowest BCUT2D eigenvalue weighted by Gasteiger charge is -2.21. The van der Waals surface area contributed by atoms with Gasteiger partial charge in [0.1, 0.15) is 11.8 Å². The molecule has 2 aromatic carbocycles. The molecule has 2 aromatic rings. The molecule has 0 amide bonds. The topological polar surface area (TPSA) is 96.7 Å². The van der Waals surface area contributed by atoms with Gasteiger partial charge in [0.2, 0.25) is 0 Å². The molecule has 0 radical (unpaired) electrons. The molecule has 0 aliphatic rings. The lowest BCUT2D eigenvalue weighted by atomic mass is 10.2. The largest absolute Gasteiger partial charge is 0.495 e. The molecule has 0 atom stereocenters. The van der Waals surface area contributed by atoms with Crippen LogP contribution in [-0.4, -0.2) is 35.2 Å². The van der Waals surface area contributed by atoms with Crippen molar-refractivity contribution >= 4 is 21.7 Å². The number of ether oxygens (including phenoxy) is 2. The number of methoxy groups -OCH3 is 1. The Labute approximate surface area is 146 Å². The Kier molecular flexibility index (Phi) is 5.62. The van der Waals surface area contributed by atoms with E-state index in [-0.39, 0.29) is 17.1 Å². The summed E-state index contributed by atoms with van der Waals surface area (Å²) in [5.74, 6) is -0.270. The fraction of sp³-hybridized carbons (Fsp3) is 0.176. The molecule has 2 rings (SSSR count). The summed E-state index contributed by atoms with van der Waals surface area (Å²) in [5, 5.41) is 8.40. The first-order chi connectivity index (χ1) is 11.9. The Morgan fingerprint density at radius 1 is 1.16 bits per heavy atom. The minimum atomic E-state index is -3.84. The number of hydrogen-bond donors (Lipinski definition) is 0. The van der Waals surface area contributed by atoms with Gasteiger partial charge in [-0.3, -0.25) is 4.31 Å². The Morgan fingerprint density at radius 2 is 1.80 bits per heavy atom. The second-order valence-corrected chi connectivity index (χ2v) is 6.87. The lowest BCUT2D eigenvalue weighted by Crippen LogP contribution is -2.27. The highest BCUT2D eigenvalue weighted by atomic mass is 32.2. The molecular formula is C17H16N2O5S. The predicted octanol–water partition coefficient (Wildman–Crippen LogP) is 2.20. The van der Waals surface area contributed by atoms with E-state index in [2.05, 4.69) is 4.74 Å². The van der Waals surface area contributed by atoms with Crippen molar-refractivity contribution in [3.8, 4) is 11.8 Å². The van der Waals surface area contributed by atoms with Gasteiger partial charge in [0.05, 0.1) is 23.3 Å². The van der Waals surface area contributed by atoms with Crippen LogP contribution in [0.5, 0.6) is 5.75 Å². The fourth-order valence-electron chi connectivity index (χ4n) is 2.12. The van der Waals surface area contributed by atoms with Gasteiger partial charge in [0.25, 0.3) is 10.0 Å². The first-order valence-electron chi connectivity index (χ1n) is 7.18. The molecule has 8 heteroatoms. The molecule has 7 nitrogen and oxygen atoms in total. The molecule has 0 aliphatic carbocycles. The van der Waals surface area contributed by atoms with Crippen LogP contribution in [0.4, 0.5) is 5.69 Å². The highest BCUT2D eigenvalue weighted by Gasteiger charge is 2.24. The second-order valence-electron chi connectivity index (χ2n) is 4.90. The van der Waals surface area contributed by atoms with Crippen LogP contribution in [0.25, 0.3) is 0 Å². The quantitative estimate of drug-likeness (QED) is 0.733. The average Bonchev–Trinajstić information content (AvgIpc) is 2.65. The third-order valence-electron chi connectivity index (χ3n) is 3.44. The number of nitriles is 1. The molecule has 0 saturated carbocycles. The standard InChI is InChI=1S/C17H16N2O5S/c1-19(15-5-3-4-6-16(15)23-2)25(21,22)14-9-7-13(8-10-14)17(20)24-12-11-18/h3-10H,12H2,1-2H3. The number of rotatable bonds is 6. The zero-order chi connectivity index (χ0) is 18.4. The van der Waals surface area contributed by atoms with Gasteiger partial charge in [-0.15, -0.1) is 0 Å². The van der Waals surface area contributed by atoms with E-state index in [1.807, 2.05) is 0 Å². The summed E-state index contributed by atoms with van der Waals surface area (Å²) >= 11 is 0. The zero-order valence-corrected chi connectivity index (χ0v) is 14.5. The van der Waals surface area contributed by atoms with E-state index in [9.17, 15) is 13.2 Å². The van der Waals surface area contributed by atoms with Crippen LogP contribution in [0.15, 0.2) is 53.4 Å². The minimum absolute atomic E-state index is 0.0118. The van der Waals surface area contributed by atoms with Crippen LogP contribution in [0.1, 0.15) is 10.4 Å². The highest BCUT2D eigenvalue weighted by Crippen LogP contribution is 2.30. The maximum absolute atomic E-state index is 12.8. The van der Waals surface area contributed by atoms with Gasteiger partial charge in [-0.1, -0.05) is 12.1 Å². The minimum Gasteiger partial charge on any atom is -0.495 e. The van der Waals surface area contributed by atoms with Gasteiger partial charge in [-0.2, -0.15) is 5.26 Å². The number of hydrogen-bond acceptors (Lipinski definition) is 6. The van der Waals surface area contributed by atoms with E-state index in [4.69, 9.17) is 10.00 Å². The number of carbonyl (C=O) groups excluding carboxylic acids is 1. The molecule has 25 heavy (non-hydrogen) atoms. The summed E-state index contributed by atoms with van der Waals surface area (Å²) in [4.78, 5) is 11.7. The molecule has 0 bridgehead atoms. The van der Waals surface area contributed by atoms with E-state index in [1.165, 1.54) is 38.4 Å². The van der Waals surface area contributed by atoms with Gasteiger partial charge in [0.15, 0.2) is 6.61 Å². The zero-order valence-electron chi connectivity index (χ0n) is 13.7. The maximum atomic E-state index is 12.8. The summed E-state index contributed by atoms with van der Waals surface area (Å²) in [5.41, 5.74) is 0.552. The smallest absolute Gasteiger partial charge is 0.339 e. The fourth-order valence-corrected chi connectivity index (χ4v) is 3.33. The van der Waals surface area contributed by atoms with E-state index < -0.39 is 16.0 Å². The van der Waals surface area contributed by atoms with Crippen molar-refractivity contribution in [1.82, 2.24) is 0 Å². The van der Waals surface area contributed by atoms with E-state index in [0.29, 0.717) is 11.4 Å². The predicted molar refractivity (Wildman–Crippen MR) is 90.9 cm³/mol. The normalized spacial score (nSPS) is 10.6. The molecule has 0 aliphatic heterocycles. The number of sulfonamides is 1. The Hall–Kier alpha value is -3.05. The molecule has 0 saturated heterocycles. The number of carbonyl (C=O) groups is 1. The van der Waals surface area contributed by atoms with Crippen LogP contribution < -0.4 is 9.04 Å². The Balaban J connectivity index is 2.30. The van der Waals surface area contributed by atoms with E-state index in [1.54, 1.807) is 30.3 Å². The summed E-state index contributed by atoms with van der Waals surface area (Å²) in [6, 6.07) is 13.7. The molecule has 0 heterocycles. The number of nitrogens with zero attached hydrogens (tertiary/aromatic N) is 2. The lowest BCUT2D eigenvalue weighted by molar-refractivity contribution is 0.0555. The van der Waals surface area contributed by atoms with Crippen molar-refractivity contribution in [2.45, 2.75) is 4.90 Å². The van der Waals surface area contributed by atoms with Crippen molar-refractivity contribution in [3.63, 3.8) is 0 Å². The van der Waals surface area contributed by atoms with Crippen LogP contribution in [0.3, 0.4) is 0 Å². The second kappa shape index (κ2) is 7.68. The summed E-state index contributed by atoms with van der Waals surface area (Å²) in [6.45, 7) is -0.366. The third kappa shape index (κ3) is 3.89. The van der Waals surface area contributed by atoms with Crippen molar-refractivity contribution in [3.05, 3.63) is 54.1 Å². The summed E-state index contributed by atoms with van der Waals surface area (Å²) in [7, 11) is -0.957. The van der Waals surface area contributed by atoms with Gasteiger partial charge in [-0.05, 0) is 36.4 Å². The molecule has 0 unspecified atom stereocenters. The molecule has 0 spiro atoms. The van der Waals surface area contributed by atoms with Crippen LogP contribution in [0.2, 0.25) is 0 Å². The number of para-hydroxylation sites is 2. The van der Waals surface area contributed by atoms with E-state index >= 15 is 0 Å². The molecule has 130 valence electrons. The number of esters is 1. The molecule has 0 aromatic heterocycles. The van der Waals surface area contributed by atoms with Crippen LogP contribution in [0, 0.1) is 11.3 Å². The molecular weight excluding hydrogens is 344 g/mol. The first kappa shape index (κ1) is 18.3. The Morgan fingerprint density at radius 3 is 2.40 bits per heavy atom. The average molecular weight is 360 g/mol. The SMILES string of the molecule is COc1ccccc1N(C)S(=O)(=O)c1ccc(C(=O)OCC#N)cc1. The summed E-state index contributed by atoms with van der Waals surface area (Å²) < 4.78 is 36.5. The maximum Gasteiger partial charge on any atom is 0.339 e. The third-order valence-corrected chi connectivity index (χ3v) is 5.23. The number of anilines is 1. The molecule has 0 fully saturated rings. The van der Waals surface area contributed by atoms with Gasteiger partial charge >= 0.3 is 5.97 Å².